The lowest BCUT2D eigenvalue weighted by Crippen LogP contribution is -2.25. The van der Waals surface area contributed by atoms with Gasteiger partial charge in [0.25, 0.3) is 0 Å². The molecule has 0 saturated carbocycles. The first-order chi connectivity index (χ1) is 8.63. The van der Waals surface area contributed by atoms with E-state index in [0.29, 0.717) is 0 Å². The average Bonchev–Trinajstić information content (AvgIpc) is 2.72. The lowest BCUT2D eigenvalue weighted by molar-refractivity contribution is 0.624. The molecular formula is C13H15FN2S2. The van der Waals surface area contributed by atoms with Crippen LogP contribution in [0.25, 0.3) is 0 Å². The molecule has 2 N–H and O–H groups in total. The van der Waals surface area contributed by atoms with E-state index >= 15 is 0 Å². The number of hydrogen-bond donors (Lipinski definition) is 1. The van der Waals surface area contributed by atoms with Crippen molar-refractivity contribution in [2.75, 3.05) is 5.75 Å². The van der Waals surface area contributed by atoms with Crippen LogP contribution in [0.5, 0.6) is 0 Å². The van der Waals surface area contributed by atoms with E-state index < -0.39 is 0 Å². The topological polar surface area (TPSA) is 38.9 Å². The number of rotatable bonds is 5. The highest BCUT2D eigenvalue weighted by atomic mass is 32.2. The van der Waals surface area contributed by atoms with E-state index in [1.54, 1.807) is 29.2 Å². The van der Waals surface area contributed by atoms with Gasteiger partial charge in [0, 0.05) is 28.5 Å². The molecule has 0 fully saturated rings. The molecule has 0 radical (unpaired) electrons. The van der Waals surface area contributed by atoms with Crippen LogP contribution in [0.3, 0.4) is 0 Å². The van der Waals surface area contributed by atoms with Crippen LogP contribution in [0.15, 0.2) is 34.5 Å². The van der Waals surface area contributed by atoms with Gasteiger partial charge in [-0.15, -0.1) is 23.1 Å². The van der Waals surface area contributed by atoms with E-state index in [1.807, 2.05) is 18.4 Å². The van der Waals surface area contributed by atoms with Crippen LogP contribution < -0.4 is 5.73 Å². The molecule has 2 aromatic rings. The van der Waals surface area contributed by atoms with Crippen LogP contribution in [0.4, 0.5) is 4.39 Å². The monoisotopic (exact) mass is 282 g/mol. The summed E-state index contributed by atoms with van der Waals surface area (Å²) in [7, 11) is 0. The highest BCUT2D eigenvalue weighted by Gasteiger charge is 2.07. The summed E-state index contributed by atoms with van der Waals surface area (Å²) >= 11 is 3.22. The van der Waals surface area contributed by atoms with Gasteiger partial charge in [-0.05, 0) is 25.1 Å². The van der Waals surface area contributed by atoms with Crippen molar-refractivity contribution >= 4 is 23.1 Å². The molecule has 0 aliphatic carbocycles. The predicted molar refractivity (Wildman–Crippen MR) is 75.7 cm³/mol. The molecule has 0 saturated heterocycles. The van der Waals surface area contributed by atoms with E-state index in [4.69, 9.17) is 5.73 Å². The second-order valence-electron chi connectivity index (χ2n) is 4.09. The van der Waals surface area contributed by atoms with Gasteiger partial charge in [-0.3, -0.25) is 0 Å². The molecule has 1 aromatic carbocycles. The minimum absolute atomic E-state index is 0.0415. The molecule has 2 rings (SSSR count). The Morgan fingerprint density at radius 3 is 3.00 bits per heavy atom. The molecule has 0 spiro atoms. The van der Waals surface area contributed by atoms with Crippen LogP contribution in [0.2, 0.25) is 0 Å². The maximum atomic E-state index is 13.0. The SMILES string of the molecule is Cc1nc(CC(N)CSc2cccc(F)c2)cs1. The largest absolute Gasteiger partial charge is 0.327 e. The van der Waals surface area contributed by atoms with Gasteiger partial charge in [-0.25, -0.2) is 9.37 Å². The van der Waals surface area contributed by atoms with Gasteiger partial charge in [0.05, 0.1) is 10.7 Å². The number of thiazole rings is 1. The molecule has 0 amide bonds. The van der Waals surface area contributed by atoms with Crippen molar-refractivity contribution < 1.29 is 4.39 Å². The number of hydrogen-bond acceptors (Lipinski definition) is 4. The highest BCUT2D eigenvalue weighted by Crippen LogP contribution is 2.20. The molecular weight excluding hydrogens is 267 g/mol. The minimum atomic E-state index is -0.205. The Morgan fingerprint density at radius 2 is 2.33 bits per heavy atom. The van der Waals surface area contributed by atoms with Crippen LogP contribution in [0.1, 0.15) is 10.7 Å². The van der Waals surface area contributed by atoms with Crippen molar-refractivity contribution in [2.24, 2.45) is 5.73 Å². The normalized spacial score (nSPS) is 12.6. The van der Waals surface area contributed by atoms with Crippen molar-refractivity contribution in [2.45, 2.75) is 24.3 Å². The fourth-order valence-corrected chi connectivity index (χ4v) is 3.11. The Hall–Kier alpha value is -0.910. The predicted octanol–water partition coefficient (Wildman–Crippen LogP) is 3.25. The zero-order valence-corrected chi connectivity index (χ0v) is 11.7. The Bertz CT molecular complexity index is 513. The fraction of sp³-hybridized carbons (Fsp3) is 0.308. The summed E-state index contributed by atoms with van der Waals surface area (Å²) in [6.45, 7) is 1.99. The summed E-state index contributed by atoms with van der Waals surface area (Å²) in [4.78, 5) is 5.31. The van der Waals surface area contributed by atoms with Gasteiger partial charge in [0.15, 0.2) is 0 Å². The second kappa shape index (κ2) is 6.31. The number of benzene rings is 1. The summed E-state index contributed by atoms with van der Waals surface area (Å²) in [6, 6.07) is 6.63. The van der Waals surface area contributed by atoms with E-state index in [0.717, 1.165) is 27.8 Å². The van der Waals surface area contributed by atoms with E-state index in [2.05, 4.69) is 4.98 Å². The average molecular weight is 282 g/mol. The molecule has 1 unspecified atom stereocenters. The summed E-state index contributed by atoms with van der Waals surface area (Å²) in [5.74, 6) is 0.559. The summed E-state index contributed by atoms with van der Waals surface area (Å²) in [6.07, 6.45) is 0.770. The number of thioether (sulfide) groups is 1. The van der Waals surface area contributed by atoms with Crippen molar-refractivity contribution in [1.29, 1.82) is 0 Å². The zero-order valence-electron chi connectivity index (χ0n) is 10.1. The van der Waals surface area contributed by atoms with Crippen LogP contribution in [0, 0.1) is 12.7 Å². The Balaban J connectivity index is 1.83. The van der Waals surface area contributed by atoms with Crippen molar-refractivity contribution in [3.05, 3.63) is 46.2 Å². The number of nitrogens with zero attached hydrogens (tertiary/aromatic N) is 1. The standard InChI is InChI=1S/C13H15FN2S2/c1-9-16-12(8-17-9)6-11(15)7-18-13-4-2-3-10(14)5-13/h2-5,8,11H,6-7,15H2,1H3. The van der Waals surface area contributed by atoms with Gasteiger partial charge in [0.2, 0.25) is 0 Å². The molecule has 0 aliphatic heterocycles. The smallest absolute Gasteiger partial charge is 0.124 e. The van der Waals surface area contributed by atoms with E-state index in [1.165, 1.54) is 12.1 Å². The molecule has 1 heterocycles. The number of nitrogens with two attached hydrogens (primary N) is 1. The Morgan fingerprint density at radius 1 is 1.50 bits per heavy atom. The quantitative estimate of drug-likeness (QED) is 0.856. The van der Waals surface area contributed by atoms with Crippen molar-refractivity contribution in [3.63, 3.8) is 0 Å². The number of aryl methyl sites for hydroxylation is 1. The van der Waals surface area contributed by atoms with Crippen LogP contribution >= 0.6 is 23.1 Å². The molecule has 0 aliphatic rings. The first-order valence-corrected chi connectivity index (χ1v) is 7.55. The van der Waals surface area contributed by atoms with Gasteiger partial charge in [-0.2, -0.15) is 0 Å². The summed E-state index contributed by atoms with van der Waals surface area (Å²) in [5.41, 5.74) is 7.10. The third-order valence-corrected chi connectivity index (χ3v) is 4.40. The molecule has 96 valence electrons. The molecule has 1 atom stereocenters. The summed E-state index contributed by atoms with van der Waals surface area (Å²) in [5, 5.41) is 3.11. The minimum Gasteiger partial charge on any atom is -0.327 e. The third kappa shape index (κ3) is 4.08. The van der Waals surface area contributed by atoms with Crippen LogP contribution in [-0.4, -0.2) is 16.8 Å². The first-order valence-electron chi connectivity index (χ1n) is 5.68. The second-order valence-corrected chi connectivity index (χ2v) is 6.25. The van der Waals surface area contributed by atoms with Gasteiger partial charge in [0.1, 0.15) is 5.82 Å². The third-order valence-electron chi connectivity index (χ3n) is 2.40. The van der Waals surface area contributed by atoms with Crippen molar-refractivity contribution in [3.8, 4) is 0 Å². The Kier molecular flexibility index (Phi) is 4.74. The number of halogens is 1. The van der Waals surface area contributed by atoms with Gasteiger partial charge < -0.3 is 5.73 Å². The lowest BCUT2D eigenvalue weighted by Gasteiger charge is -2.09. The fourth-order valence-electron chi connectivity index (χ4n) is 1.59. The maximum absolute atomic E-state index is 13.0. The molecule has 0 bridgehead atoms. The maximum Gasteiger partial charge on any atom is 0.124 e. The molecule has 5 heteroatoms. The van der Waals surface area contributed by atoms with Crippen LogP contribution in [-0.2, 0) is 6.42 Å². The van der Waals surface area contributed by atoms with Gasteiger partial charge in [-0.1, -0.05) is 6.07 Å². The highest BCUT2D eigenvalue weighted by molar-refractivity contribution is 7.99. The molecule has 2 nitrogen and oxygen atoms in total. The number of aromatic nitrogens is 1. The van der Waals surface area contributed by atoms with E-state index in [9.17, 15) is 4.39 Å². The lowest BCUT2D eigenvalue weighted by atomic mass is 10.2. The van der Waals surface area contributed by atoms with E-state index in [-0.39, 0.29) is 11.9 Å². The molecule has 1 aromatic heterocycles. The zero-order chi connectivity index (χ0) is 13.0. The van der Waals surface area contributed by atoms with Gasteiger partial charge >= 0.3 is 0 Å². The molecule has 18 heavy (non-hydrogen) atoms. The Labute approximate surface area is 114 Å². The first kappa shape index (κ1) is 13.5. The van der Waals surface area contributed by atoms with Crippen molar-refractivity contribution in [1.82, 2.24) is 4.98 Å². The summed E-state index contributed by atoms with van der Waals surface area (Å²) < 4.78 is 13.0.